The van der Waals surface area contributed by atoms with Crippen LogP contribution in [0.5, 0.6) is 0 Å². The molecule has 0 unspecified atom stereocenters. The Hall–Kier alpha value is -6.64. The molecule has 1 heterocycles. The summed E-state index contributed by atoms with van der Waals surface area (Å²) in [6, 6.07) is 65.4. The number of aromatic nitrogens is 2. The molecule has 0 fully saturated rings. The predicted octanol–water partition coefficient (Wildman–Crippen LogP) is 13.4. The normalized spacial score (nSPS) is 12.9. The van der Waals surface area contributed by atoms with E-state index in [1.165, 1.54) is 60.7 Å². The number of hydrogen-bond acceptors (Lipinski definition) is 2. The van der Waals surface area contributed by atoms with E-state index < -0.39 is 0 Å². The van der Waals surface area contributed by atoms with Gasteiger partial charge in [-0.2, -0.15) is 0 Å². The number of benzene rings is 8. The standard InChI is InChI=1S/C51H36N2/c1-51(2)45-28-25-37(31-44(45)49-40-21-10-9-14-33(40)24-29-46(49)51)36-19-13-20-38(30-36)39-26-27-43(42-23-12-11-22-41(39)42)48-32-47(34-15-5-3-6-16-34)52-50(53-48)35-17-7-4-8-18-35/h3-32H,1-2H3. The van der Waals surface area contributed by atoms with Gasteiger partial charge in [-0.25, -0.2) is 9.97 Å². The largest absolute Gasteiger partial charge is 0.228 e. The Morgan fingerprint density at radius 1 is 0.358 bits per heavy atom. The van der Waals surface area contributed by atoms with Crippen LogP contribution < -0.4 is 0 Å². The highest BCUT2D eigenvalue weighted by Gasteiger charge is 2.36. The van der Waals surface area contributed by atoms with Gasteiger partial charge in [-0.3, -0.25) is 0 Å². The van der Waals surface area contributed by atoms with E-state index in [4.69, 9.17) is 9.97 Å². The summed E-state index contributed by atoms with van der Waals surface area (Å²) >= 11 is 0. The lowest BCUT2D eigenvalue weighted by Crippen LogP contribution is -2.14. The maximum atomic E-state index is 5.17. The maximum Gasteiger partial charge on any atom is 0.160 e. The molecule has 2 nitrogen and oxygen atoms in total. The van der Waals surface area contributed by atoms with Crippen molar-refractivity contribution in [2.75, 3.05) is 0 Å². The van der Waals surface area contributed by atoms with Gasteiger partial charge in [0, 0.05) is 22.1 Å². The van der Waals surface area contributed by atoms with Crippen molar-refractivity contribution < 1.29 is 0 Å². The first-order valence-corrected chi connectivity index (χ1v) is 18.3. The fourth-order valence-corrected chi connectivity index (χ4v) is 8.40. The third-order valence-electron chi connectivity index (χ3n) is 11.1. The van der Waals surface area contributed by atoms with E-state index in [0.717, 1.165) is 39.3 Å². The minimum Gasteiger partial charge on any atom is -0.228 e. The Bertz CT molecular complexity index is 2790. The molecule has 0 aliphatic heterocycles. The summed E-state index contributed by atoms with van der Waals surface area (Å²) in [5.41, 5.74) is 15.2. The molecule has 0 radical (unpaired) electrons. The van der Waals surface area contributed by atoms with Gasteiger partial charge in [0.2, 0.25) is 0 Å². The molecule has 0 N–H and O–H groups in total. The molecular weight excluding hydrogens is 641 g/mol. The summed E-state index contributed by atoms with van der Waals surface area (Å²) in [4.78, 5) is 10.2. The molecule has 0 bridgehead atoms. The highest BCUT2D eigenvalue weighted by molar-refractivity contribution is 6.06. The summed E-state index contributed by atoms with van der Waals surface area (Å²) in [7, 11) is 0. The molecule has 10 rings (SSSR count). The molecule has 8 aromatic carbocycles. The van der Waals surface area contributed by atoms with Crippen molar-refractivity contribution in [3.05, 3.63) is 193 Å². The lowest BCUT2D eigenvalue weighted by molar-refractivity contribution is 0.661. The molecular formula is C51H36N2. The van der Waals surface area contributed by atoms with Gasteiger partial charge in [-0.1, -0.05) is 178 Å². The molecule has 0 amide bonds. The van der Waals surface area contributed by atoms with Crippen molar-refractivity contribution >= 4 is 21.5 Å². The van der Waals surface area contributed by atoms with E-state index >= 15 is 0 Å². The van der Waals surface area contributed by atoms with Gasteiger partial charge in [-0.05, 0) is 84.3 Å². The van der Waals surface area contributed by atoms with E-state index in [9.17, 15) is 0 Å². The Kier molecular flexibility index (Phi) is 7.19. The average molecular weight is 677 g/mol. The molecule has 9 aromatic rings. The van der Waals surface area contributed by atoms with Crippen molar-refractivity contribution in [1.29, 1.82) is 0 Å². The van der Waals surface area contributed by atoms with Gasteiger partial charge in [0.05, 0.1) is 11.4 Å². The second kappa shape index (κ2) is 12.3. The van der Waals surface area contributed by atoms with Crippen LogP contribution in [-0.4, -0.2) is 9.97 Å². The average Bonchev–Trinajstić information content (AvgIpc) is 3.46. The fraction of sp³-hybridized carbons (Fsp3) is 0.0588. The minimum absolute atomic E-state index is 0.0524. The smallest absolute Gasteiger partial charge is 0.160 e. The zero-order valence-electron chi connectivity index (χ0n) is 29.7. The number of hydrogen-bond donors (Lipinski definition) is 0. The van der Waals surface area contributed by atoms with Crippen LogP contribution in [0.4, 0.5) is 0 Å². The van der Waals surface area contributed by atoms with E-state index in [0.29, 0.717) is 0 Å². The van der Waals surface area contributed by atoms with Crippen LogP contribution in [-0.2, 0) is 5.41 Å². The quantitative estimate of drug-likeness (QED) is 0.181. The summed E-state index contributed by atoms with van der Waals surface area (Å²) < 4.78 is 0. The van der Waals surface area contributed by atoms with Crippen LogP contribution in [0.25, 0.3) is 88.8 Å². The lowest BCUT2D eigenvalue weighted by Gasteiger charge is -2.21. The van der Waals surface area contributed by atoms with Crippen LogP contribution >= 0.6 is 0 Å². The van der Waals surface area contributed by atoms with Gasteiger partial charge in [0.15, 0.2) is 5.82 Å². The highest BCUT2D eigenvalue weighted by atomic mass is 14.9. The maximum absolute atomic E-state index is 5.17. The second-order valence-electron chi connectivity index (χ2n) is 14.6. The van der Waals surface area contributed by atoms with E-state index in [1.807, 2.05) is 24.3 Å². The SMILES string of the molecule is CC1(C)c2ccc(-c3cccc(-c4ccc(-c5cc(-c6ccccc6)nc(-c6ccccc6)n5)c5ccccc45)c3)cc2-c2c1ccc1ccccc21. The lowest BCUT2D eigenvalue weighted by atomic mass is 9.82. The second-order valence-corrected chi connectivity index (χ2v) is 14.6. The van der Waals surface area contributed by atoms with Gasteiger partial charge in [-0.15, -0.1) is 0 Å². The Balaban J connectivity index is 1.09. The van der Waals surface area contributed by atoms with Crippen LogP contribution in [0.2, 0.25) is 0 Å². The first kappa shape index (κ1) is 31.1. The van der Waals surface area contributed by atoms with Crippen LogP contribution in [0.3, 0.4) is 0 Å². The molecule has 0 saturated carbocycles. The first-order chi connectivity index (χ1) is 26.0. The fourth-order valence-electron chi connectivity index (χ4n) is 8.40. The van der Waals surface area contributed by atoms with Gasteiger partial charge < -0.3 is 0 Å². The van der Waals surface area contributed by atoms with Crippen molar-refractivity contribution in [2.24, 2.45) is 0 Å². The number of rotatable bonds is 5. The Morgan fingerprint density at radius 2 is 0.943 bits per heavy atom. The molecule has 53 heavy (non-hydrogen) atoms. The molecule has 1 aliphatic rings. The van der Waals surface area contributed by atoms with Crippen molar-refractivity contribution in [1.82, 2.24) is 9.97 Å². The number of fused-ring (bicyclic) bond motifs is 6. The zero-order valence-corrected chi connectivity index (χ0v) is 29.7. The van der Waals surface area contributed by atoms with Crippen LogP contribution in [0, 0.1) is 0 Å². The first-order valence-electron chi connectivity index (χ1n) is 18.3. The predicted molar refractivity (Wildman–Crippen MR) is 222 cm³/mol. The van der Waals surface area contributed by atoms with E-state index in [-0.39, 0.29) is 5.41 Å². The van der Waals surface area contributed by atoms with Crippen LogP contribution in [0.15, 0.2) is 182 Å². The number of nitrogens with zero attached hydrogens (tertiary/aromatic N) is 2. The van der Waals surface area contributed by atoms with E-state index in [1.54, 1.807) is 0 Å². The molecule has 250 valence electrons. The Labute approximate surface area is 310 Å². The third kappa shape index (κ3) is 5.18. The van der Waals surface area contributed by atoms with Crippen molar-refractivity contribution in [3.8, 4) is 67.3 Å². The monoisotopic (exact) mass is 676 g/mol. The molecule has 2 heteroatoms. The van der Waals surface area contributed by atoms with E-state index in [2.05, 4.69) is 172 Å². The van der Waals surface area contributed by atoms with Gasteiger partial charge in [0.1, 0.15) is 0 Å². The molecule has 1 aliphatic carbocycles. The zero-order chi connectivity index (χ0) is 35.5. The van der Waals surface area contributed by atoms with Gasteiger partial charge in [0.25, 0.3) is 0 Å². The van der Waals surface area contributed by atoms with Gasteiger partial charge >= 0.3 is 0 Å². The van der Waals surface area contributed by atoms with Crippen molar-refractivity contribution in [2.45, 2.75) is 19.3 Å². The summed E-state index contributed by atoms with van der Waals surface area (Å²) in [5.74, 6) is 0.719. The summed E-state index contributed by atoms with van der Waals surface area (Å²) in [5, 5.41) is 4.96. The Morgan fingerprint density at radius 3 is 1.74 bits per heavy atom. The van der Waals surface area contributed by atoms with Crippen molar-refractivity contribution in [3.63, 3.8) is 0 Å². The molecule has 0 saturated heterocycles. The minimum atomic E-state index is -0.0524. The van der Waals surface area contributed by atoms with Crippen LogP contribution in [0.1, 0.15) is 25.0 Å². The summed E-state index contributed by atoms with van der Waals surface area (Å²) in [6.07, 6.45) is 0. The molecule has 0 spiro atoms. The third-order valence-corrected chi connectivity index (χ3v) is 11.1. The molecule has 0 atom stereocenters. The highest BCUT2D eigenvalue weighted by Crippen LogP contribution is 2.52. The molecule has 1 aromatic heterocycles. The topological polar surface area (TPSA) is 25.8 Å². The summed E-state index contributed by atoms with van der Waals surface area (Å²) in [6.45, 7) is 4.71.